The van der Waals surface area contributed by atoms with Gasteiger partial charge >= 0.3 is 0 Å². The summed E-state index contributed by atoms with van der Waals surface area (Å²) < 4.78 is 32.0. The number of sulfonamides is 1. The Balaban J connectivity index is 1.63. The number of imidazole rings is 2. The van der Waals surface area contributed by atoms with Gasteiger partial charge in [-0.05, 0) is 35.9 Å². The molecule has 0 fully saturated rings. The summed E-state index contributed by atoms with van der Waals surface area (Å²) in [7, 11) is -0.200. The Morgan fingerprint density at radius 2 is 1.80 bits per heavy atom. The third kappa shape index (κ3) is 5.74. The molecule has 0 aliphatic heterocycles. The highest BCUT2D eigenvalue weighted by molar-refractivity contribution is 7.89. The van der Waals surface area contributed by atoms with Crippen molar-refractivity contribution in [3.63, 3.8) is 0 Å². The molecule has 1 aromatic carbocycles. The van der Waals surface area contributed by atoms with Crippen LogP contribution >= 0.6 is 0 Å². The van der Waals surface area contributed by atoms with Crippen LogP contribution in [0.25, 0.3) is 0 Å². The van der Waals surface area contributed by atoms with E-state index in [1.165, 1.54) is 16.8 Å². The van der Waals surface area contributed by atoms with Gasteiger partial charge in [0.2, 0.25) is 0 Å². The third-order valence-electron chi connectivity index (χ3n) is 5.62. The van der Waals surface area contributed by atoms with E-state index in [0.29, 0.717) is 18.7 Å². The van der Waals surface area contributed by atoms with Crippen LogP contribution in [0.2, 0.25) is 0 Å². The van der Waals surface area contributed by atoms with Gasteiger partial charge in [-0.3, -0.25) is 4.98 Å². The van der Waals surface area contributed by atoms with E-state index in [-0.39, 0.29) is 18.1 Å². The van der Waals surface area contributed by atoms with Crippen molar-refractivity contribution in [2.45, 2.75) is 18.1 Å². The summed E-state index contributed by atoms with van der Waals surface area (Å²) in [5, 5.41) is 9.17. The van der Waals surface area contributed by atoms with E-state index in [0.717, 1.165) is 16.9 Å². The minimum atomic E-state index is -3.85. The number of rotatable bonds is 10. The predicted octanol–water partition coefficient (Wildman–Crippen LogP) is 2.32. The highest BCUT2D eigenvalue weighted by atomic mass is 32.2. The molecule has 0 aliphatic carbocycles. The van der Waals surface area contributed by atoms with Gasteiger partial charge in [-0.25, -0.2) is 18.4 Å². The fourth-order valence-electron chi connectivity index (χ4n) is 3.64. The zero-order chi connectivity index (χ0) is 24.8. The first kappa shape index (κ1) is 24.1. The van der Waals surface area contributed by atoms with Crippen molar-refractivity contribution in [3.05, 3.63) is 90.7 Å². The second-order valence-corrected chi connectivity index (χ2v) is 10.0. The number of nitriles is 1. The second-order valence-electron chi connectivity index (χ2n) is 8.15. The normalized spacial score (nSPS) is 11.5. The minimum absolute atomic E-state index is 0.000415. The Hall–Kier alpha value is -4.01. The van der Waals surface area contributed by atoms with Crippen LogP contribution in [0, 0.1) is 11.3 Å². The van der Waals surface area contributed by atoms with Gasteiger partial charge in [0.15, 0.2) is 5.03 Å². The molecule has 0 atom stereocenters. The van der Waals surface area contributed by atoms with Gasteiger partial charge in [0.1, 0.15) is 0 Å². The lowest BCUT2D eigenvalue weighted by atomic mass is 10.2. The van der Waals surface area contributed by atoms with Gasteiger partial charge in [-0.2, -0.15) is 9.57 Å². The molecule has 0 bridgehead atoms. The molecule has 10 nitrogen and oxygen atoms in total. The number of aromatic nitrogens is 5. The van der Waals surface area contributed by atoms with E-state index in [2.05, 4.69) is 25.9 Å². The molecule has 35 heavy (non-hydrogen) atoms. The van der Waals surface area contributed by atoms with Crippen molar-refractivity contribution in [2.75, 3.05) is 18.0 Å². The Morgan fingerprint density at radius 3 is 2.40 bits per heavy atom. The maximum absolute atomic E-state index is 13.5. The van der Waals surface area contributed by atoms with Gasteiger partial charge in [-0.15, -0.1) is 0 Å². The second kappa shape index (κ2) is 10.5. The Kier molecular flexibility index (Phi) is 7.24. The number of hydrogen-bond acceptors (Lipinski definition) is 7. The zero-order valence-electron chi connectivity index (χ0n) is 19.6. The van der Waals surface area contributed by atoms with Gasteiger partial charge in [0.05, 0.1) is 36.5 Å². The molecule has 0 saturated carbocycles. The first-order valence-corrected chi connectivity index (χ1v) is 12.4. The summed E-state index contributed by atoms with van der Waals surface area (Å²) in [5.41, 5.74) is 3.19. The number of anilines is 1. The average Bonchev–Trinajstić information content (AvgIpc) is 3.49. The lowest BCUT2D eigenvalue weighted by molar-refractivity contribution is 0.406. The number of nitrogens with zero attached hydrogens (tertiary/aromatic N) is 8. The largest absolute Gasteiger partial charge is 0.364 e. The summed E-state index contributed by atoms with van der Waals surface area (Å²) in [6.07, 6.45) is 9.80. The lowest BCUT2D eigenvalue weighted by Crippen LogP contribution is -2.38. The van der Waals surface area contributed by atoms with Crippen LogP contribution in [0.4, 0.5) is 5.69 Å². The number of hydrogen-bond donors (Lipinski definition) is 0. The maximum atomic E-state index is 13.5. The summed E-state index contributed by atoms with van der Waals surface area (Å²) >= 11 is 0. The highest BCUT2D eigenvalue weighted by Gasteiger charge is 2.27. The summed E-state index contributed by atoms with van der Waals surface area (Å²) in [4.78, 5) is 14.5. The monoisotopic (exact) mass is 490 g/mol. The van der Waals surface area contributed by atoms with Crippen LogP contribution in [0.1, 0.15) is 16.8 Å². The van der Waals surface area contributed by atoms with E-state index in [1.54, 1.807) is 54.7 Å². The van der Waals surface area contributed by atoms with Crippen LogP contribution in [-0.2, 0) is 37.2 Å². The van der Waals surface area contributed by atoms with E-state index in [9.17, 15) is 8.42 Å². The predicted molar refractivity (Wildman–Crippen MR) is 130 cm³/mol. The molecule has 0 saturated heterocycles. The number of pyridine rings is 1. The van der Waals surface area contributed by atoms with Crippen molar-refractivity contribution in [1.82, 2.24) is 28.4 Å². The number of benzene rings is 1. The zero-order valence-corrected chi connectivity index (χ0v) is 20.4. The number of aryl methyl sites for hydroxylation is 2. The molecule has 0 spiro atoms. The molecule has 3 heterocycles. The summed E-state index contributed by atoms with van der Waals surface area (Å²) in [6.45, 7) is 1.31. The summed E-state index contributed by atoms with van der Waals surface area (Å²) in [5.74, 6) is 0. The molecule has 3 aromatic heterocycles. The quantitative estimate of drug-likeness (QED) is 0.335. The molecule has 0 N–H and O–H groups in total. The van der Waals surface area contributed by atoms with E-state index < -0.39 is 10.0 Å². The van der Waals surface area contributed by atoms with Crippen LogP contribution in [0.5, 0.6) is 0 Å². The van der Waals surface area contributed by atoms with Gasteiger partial charge in [0.25, 0.3) is 10.0 Å². The fraction of sp³-hybridized carbons (Fsp3) is 0.250. The Morgan fingerprint density at radius 1 is 1.00 bits per heavy atom. The van der Waals surface area contributed by atoms with Crippen molar-refractivity contribution in [2.24, 2.45) is 14.1 Å². The molecular formula is C24H26N8O2S. The molecule has 0 amide bonds. The van der Waals surface area contributed by atoms with Crippen molar-refractivity contribution >= 4 is 15.7 Å². The molecule has 4 rings (SSSR count). The maximum Gasteiger partial charge on any atom is 0.262 e. The molecular weight excluding hydrogens is 464 g/mol. The van der Waals surface area contributed by atoms with E-state index in [1.807, 2.05) is 29.8 Å². The van der Waals surface area contributed by atoms with Crippen LogP contribution in [-0.4, -0.2) is 49.9 Å². The minimum Gasteiger partial charge on any atom is -0.364 e. The van der Waals surface area contributed by atoms with Crippen LogP contribution in [0.15, 0.2) is 78.9 Å². The fourth-order valence-corrected chi connectivity index (χ4v) is 5.03. The standard InChI is InChI=1S/C24H26N8O2S/c1-29-17-24(28-19-29)35(33,34)32(15-21-4-3-9-26-13-21)11-10-31(16-23-14-27-18-30(23)2)22-7-5-20(12-25)6-8-22/h3-9,13-14,17-19H,10-11,15-16H2,1-2H3. The first-order valence-electron chi connectivity index (χ1n) is 10.9. The van der Waals surface area contributed by atoms with E-state index in [4.69, 9.17) is 5.26 Å². The van der Waals surface area contributed by atoms with E-state index >= 15 is 0 Å². The topological polar surface area (TPSA) is 113 Å². The Bertz CT molecular complexity index is 1410. The molecule has 0 radical (unpaired) electrons. The van der Waals surface area contributed by atoms with Gasteiger partial charge in [-0.1, -0.05) is 6.07 Å². The lowest BCUT2D eigenvalue weighted by Gasteiger charge is -2.29. The van der Waals surface area contributed by atoms with Crippen LogP contribution < -0.4 is 4.90 Å². The van der Waals surface area contributed by atoms with Crippen molar-refractivity contribution in [1.29, 1.82) is 5.26 Å². The summed E-state index contributed by atoms with van der Waals surface area (Å²) in [6, 6.07) is 13.0. The Labute approximate surface area is 204 Å². The van der Waals surface area contributed by atoms with Gasteiger partial charge in [0, 0.05) is 64.2 Å². The van der Waals surface area contributed by atoms with Crippen LogP contribution in [0.3, 0.4) is 0 Å². The molecule has 0 aliphatic rings. The molecule has 0 unspecified atom stereocenters. The first-order chi connectivity index (χ1) is 16.9. The smallest absolute Gasteiger partial charge is 0.262 e. The molecule has 11 heteroatoms. The van der Waals surface area contributed by atoms with Crippen molar-refractivity contribution < 1.29 is 8.42 Å². The molecule has 180 valence electrons. The highest BCUT2D eigenvalue weighted by Crippen LogP contribution is 2.21. The average molecular weight is 491 g/mol. The third-order valence-corrected chi connectivity index (χ3v) is 7.35. The van der Waals surface area contributed by atoms with Gasteiger partial charge < -0.3 is 14.0 Å². The SMILES string of the molecule is Cn1cnc(S(=O)(=O)N(CCN(Cc2cncn2C)c2ccc(C#N)cc2)Cc2cccnc2)c1. The molecule has 4 aromatic rings. The van der Waals surface area contributed by atoms with Crippen molar-refractivity contribution in [3.8, 4) is 6.07 Å².